The number of rotatable bonds is 13. The molecule has 2 aromatic carbocycles. The van der Waals surface area contributed by atoms with Crippen molar-refractivity contribution in [2.75, 3.05) is 39.0 Å². The van der Waals surface area contributed by atoms with Gasteiger partial charge in [-0.05, 0) is 43.4 Å². The van der Waals surface area contributed by atoms with Crippen LogP contribution in [0.1, 0.15) is 24.8 Å². The topological polar surface area (TPSA) is 123 Å². The summed E-state index contributed by atoms with van der Waals surface area (Å²) in [5.74, 6) is -0.603. The summed E-state index contributed by atoms with van der Waals surface area (Å²) in [6.07, 6.45) is 4.07. The zero-order valence-electron chi connectivity index (χ0n) is 21.3. The molecule has 1 aromatic heterocycles. The van der Waals surface area contributed by atoms with Crippen LogP contribution in [0.2, 0.25) is 0 Å². The molecular formula is C28H39N6O2+. The van der Waals surface area contributed by atoms with Gasteiger partial charge in [0.2, 0.25) is 11.8 Å². The molecule has 0 bridgehead atoms. The fourth-order valence-electron chi connectivity index (χ4n) is 4.20. The Labute approximate surface area is 213 Å². The number of fused-ring (bicyclic) bond motifs is 1. The van der Waals surface area contributed by atoms with Gasteiger partial charge in [-0.25, -0.2) is 0 Å². The number of aryl methyl sites for hydroxylation is 1. The molecule has 6 N–H and O–H groups in total. The Kier molecular flexibility index (Phi) is 9.93. The van der Waals surface area contributed by atoms with Gasteiger partial charge in [0.1, 0.15) is 6.04 Å². The van der Waals surface area contributed by atoms with Gasteiger partial charge < -0.3 is 26.6 Å². The van der Waals surface area contributed by atoms with Crippen LogP contribution in [0.5, 0.6) is 0 Å². The lowest BCUT2D eigenvalue weighted by molar-refractivity contribution is -0.889. The molecule has 0 unspecified atom stereocenters. The van der Waals surface area contributed by atoms with Gasteiger partial charge in [0.05, 0.1) is 50.6 Å². The number of nitrogens with two attached hydrogens (primary N) is 2. The molecule has 2 atom stereocenters. The number of hydrogen-bond donors (Lipinski definition) is 4. The summed E-state index contributed by atoms with van der Waals surface area (Å²) in [7, 11) is 4.23. The first kappa shape index (κ1) is 27.3. The average Bonchev–Trinajstić information content (AvgIpc) is 2.86. The molecule has 0 aliphatic carbocycles. The maximum absolute atomic E-state index is 13.2. The Balaban J connectivity index is 1.64. The summed E-state index contributed by atoms with van der Waals surface area (Å²) in [5, 5.41) is 6.74. The number of likely N-dealkylation sites (N-methyl/N-ethyl adjacent to an activating group) is 1. The van der Waals surface area contributed by atoms with Crippen molar-refractivity contribution in [3.63, 3.8) is 0 Å². The number of benzene rings is 2. The Bertz CT molecular complexity index is 1140. The van der Waals surface area contributed by atoms with Crippen LogP contribution in [-0.4, -0.2) is 67.1 Å². The smallest absolute Gasteiger partial charge is 0.247 e. The molecule has 192 valence electrons. The third-order valence-electron chi connectivity index (χ3n) is 6.41. The summed E-state index contributed by atoms with van der Waals surface area (Å²) >= 11 is 0. The van der Waals surface area contributed by atoms with E-state index in [0.29, 0.717) is 31.5 Å². The molecule has 36 heavy (non-hydrogen) atoms. The second-order valence-corrected chi connectivity index (χ2v) is 9.91. The Morgan fingerprint density at radius 1 is 0.972 bits per heavy atom. The summed E-state index contributed by atoms with van der Waals surface area (Å²) in [5.41, 5.74) is 14.4. The predicted octanol–water partition coefficient (Wildman–Crippen LogP) is 2.43. The average molecular weight is 492 g/mol. The van der Waals surface area contributed by atoms with E-state index < -0.39 is 12.1 Å². The Morgan fingerprint density at radius 3 is 2.44 bits per heavy atom. The van der Waals surface area contributed by atoms with E-state index >= 15 is 0 Å². The molecule has 3 rings (SSSR count). The lowest BCUT2D eigenvalue weighted by Crippen LogP contribution is -2.50. The molecule has 0 aliphatic rings. The van der Waals surface area contributed by atoms with E-state index in [1.807, 2.05) is 60.7 Å². The first-order chi connectivity index (χ1) is 17.3. The zero-order valence-corrected chi connectivity index (χ0v) is 21.3. The Hall–Kier alpha value is -3.33. The molecular weight excluding hydrogens is 452 g/mol. The summed E-state index contributed by atoms with van der Waals surface area (Å²) < 4.78 is 0.784. The number of pyridine rings is 1. The third kappa shape index (κ3) is 8.41. The van der Waals surface area contributed by atoms with Crippen molar-refractivity contribution in [1.29, 1.82) is 0 Å². The Morgan fingerprint density at radius 2 is 1.69 bits per heavy atom. The fraction of sp³-hybridized carbons (Fsp3) is 0.393. The first-order valence-corrected chi connectivity index (χ1v) is 12.5. The number of carbonyl (C=O) groups excluding carboxylic acids is 2. The van der Waals surface area contributed by atoms with Crippen LogP contribution in [0.4, 0.5) is 5.69 Å². The first-order valence-electron chi connectivity index (χ1n) is 12.5. The van der Waals surface area contributed by atoms with Gasteiger partial charge in [0.25, 0.3) is 0 Å². The lowest BCUT2D eigenvalue weighted by atomic mass is 10.0. The minimum absolute atomic E-state index is 0.288. The number of aromatic nitrogens is 1. The number of nitrogens with one attached hydrogen (secondary N) is 2. The van der Waals surface area contributed by atoms with Gasteiger partial charge in [-0.2, -0.15) is 0 Å². The minimum Gasteiger partial charge on any atom is -0.343 e. The van der Waals surface area contributed by atoms with Crippen molar-refractivity contribution in [2.24, 2.45) is 11.5 Å². The molecule has 0 fully saturated rings. The molecule has 3 aromatic rings. The van der Waals surface area contributed by atoms with Crippen LogP contribution in [0.15, 0.2) is 66.9 Å². The number of quaternary nitrogens is 1. The summed E-state index contributed by atoms with van der Waals surface area (Å²) in [4.78, 5) is 30.6. The number of anilines is 1. The third-order valence-corrected chi connectivity index (χ3v) is 6.41. The number of hydrogen-bond acceptors (Lipinski definition) is 5. The fourth-order valence-corrected chi connectivity index (χ4v) is 4.20. The van der Waals surface area contributed by atoms with Gasteiger partial charge in [-0.3, -0.25) is 14.6 Å². The number of carbonyl (C=O) groups is 2. The maximum Gasteiger partial charge on any atom is 0.247 e. The molecule has 0 spiro atoms. The van der Waals surface area contributed by atoms with E-state index in [1.165, 1.54) is 0 Å². The molecule has 0 aliphatic heterocycles. The summed E-state index contributed by atoms with van der Waals surface area (Å²) in [6.45, 7) is 2.36. The SMILES string of the molecule is C[N+](C)(CCN)CCC[C@@H](N)C(=O)N[C@H](CCc1ccccc1)C(=O)Nc1cnc2ccccc2c1. The summed E-state index contributed by atoms with van der Waals surface area (Å²) in [6, 6.07) is 18.1. The van der Waals surface area contributed by atoms with Crippen molar-refractivity contribution in [2.45, 2.75) is 37.8 Å². The van der Waals surface area contributed by atoms with Crippen LogP contribution in [0.3, 0.4) is 0 Å². The minimum atomic E-state index is -0.723. The van der Waals surface area contributed by atoms with Crippen molar-refractivity contribution in [1.82, 2.24) is 10.3 Å². The second kappa shape index (κ2) is 13.1. The van der Waals surface area contributed by atoms with E-state index in [1.54, 1.807) is 6.20 Å². The highest BCUT2D eigenvalue weighted by Crippen LogP contribution is 2.17. The number of amides is 2. The van der Waals surface area contributed by atoms with E-state index in [2.05, 4.69) is 29.7 Å². The molecule has 2 amide bonds. The normalized spacial score (nSPS) is 13.2. The van der Waals surface area contributed by atoms with E-state index in [-0.39, 0.29) is 11.8 Å². The highest BCUT2D eigenvalue weighted by atomic mass is 16.2. The highest BCUT2D eigenvalue weighted by molar-refractivity contribution is 5.98. The van der Waals surface area contributed by atoms with E-state index in [0.717, 1.165) is 40.5 Å². The molecule has 0 saturated carbocycles. The van der Waals surface area contributed by atoms with Gasteiger partial charge in [0, 0.05) is 11.9 Å². The standard InChI is InChI=1S/C28H38N6O2/c1-34(2,18-16-29)17-8-12-24(30)27(35)33-26(15-14-21-9-4-3-5-10-21)28(36)32-23-19-22-11-6-7-13-25(22)31-20-23/h3-7,9-11,13,19-20,24,26H,8,12,14-18,29-30H2,1-2H3,(H-,32,33,35,36)/p+1/t24-,26-/m1/s1. The van der Waals surface area contributed by atoms with Gasteiger partial charge in [-0.15, -0.1) is 0 Å². The number of para-hydroxylation sites is 1. The lowest BCUT2D eigenvalue weighted by Gasteiger charge is -2.29. The van der Waals surface area contributed by atoms with Gasteiger partial charge >= 0.3 is 0 Å². The van der Waals surface area contributed by atoms with Crippen LogP contribution in [-0.2, 0) is 16.0 Å². The van der Waals surface area contributed by atoms with Gasteiger partial charge in [0.15, 0.2) is 0 Å². The van der Waals surface area contributed by atoms with Crippen molar-refractivity contribution >= 4 is 28.4 Å². The van der Waals surface area contributed by atoms with E-state index in [4.69, 9.17) is 11.5 Å². The van der Waals surface area contributed by atoms with Crippen molar-refractivity contribution < 1.29 is 14.1 Å². The van der Waals surface area contributed by atoms with Crippen LogP contribution < -0.4 is 22.1 Å². The molecule has 0 saturated heterocycles. The second-order valence-electron chi connectivity index (χ2n) is 9.91. The predicted molar refractivity (Wildman–Crippen MR) is 145 cm³/mol. The molecule has 8 nitrogen and oxygen atoms in total. The highest BCUT2D eigenvalue weighted by Gasteiger charge is 2.25. The zero-order chi connectivity index (χ0) is 26.0. The number of nitrogens with zero attached hydrogens (tertiary/aromatic N) is 2. The van der Waals surface area contributed by atoms with Crippen LogP contribution in [0, 0.1) is 0 Å². The van der Waals surface area contributed by atoms with E-state index in [9.17, 15) is 9.59 Å². The quantitative estimate of drug-likeness (QED) is 0.274. The molecule has 0 radical (unpaired) electrons. The van der Waals surface area contributed by atoms with Crippen molar-refractivity contribution in [3.8, 4) is 0 Å². The van der Waals surface area contributed by atoms with Gasteiger partial charge in [-0.1, -0.05) is 48.5 Å². The largest absolute Gasteiger partial charge is 0.343 e. The molecule has 1 heterocycles. The van der Waals surface area contributed by atoms with Crippen LogP contribution in [0.25, 0.3) is 10.9 Å². The van der Waals surface area contributed by atoms with Crippen LogP contribution >= 0.6 is 0 Å². The molecule has 8 heteroatoms. The maximum atomic E-state index is 13.2. The van der Waals surface area contributed by atoms with Crippen molar-refractivity contribution in [3.05, 3.63) is 72.4 Å². The monoisotopic (exact) mass is 491 g/mol.